The van der Waals surface area contributed by atoms with E-state index in [2.05, 4.69) is 45.2 Å². The zero-order valence-corrected chi connectivity index (χ0v) is 18.7. The van der Waals surface area contributed by atoms with Gasteiger partial charge in [-0.2, -0.15) is 0 Å². The van der Waals surface area contributed by atoms with Crippen molar-refractivity contribution < 1.29 is 9.59 Å². The minimum Gasteiger partial charge on any atom is -0.342 e. The highest BCUT2D eigenvalue weighted by molar-refractivity contribution is 14.1. The van der Waals surface area contributed by atoms with Crippen LogP contribution in [0, 0.1) is 0 Å². The molecule has 4 nitrogen and oxygen atoms in total. The second-order valence-electron chi connectivity index (χ2n) is 5.82. The molecule has 0 spiro atoms. The lowest BCUT2D eigenvalue weighted by Crippen LogP contribution is -2.29. The molecule has 0 radical (unpaired) electrons. The summed E-state index contributed by atoms with van der Waals surface area (Å²) >= 11 is 4.70. The number of nitrogens with zero attached hydrogens (tertiary/aromatic N) is 2. The first kappa shape index (κ1) is 21.7. The van der Waals surface area contributed by atoms with E-state index in [0.29, 0.717) is 11.1 Å². The van der Waals surface area contributed by atoms with Gasteiger partial charge in [-0.3, -0.25) is 9.59 Å². The Hall–Kier alpha value is -0.380. The number of alkyl halides is 2. The summed E-state index contributed by atoms with van der Waals surface area (Å²) in [5, 5.41) is 0. The van der Waals surface area contributed by atoms with E-state index in [1.807, 2.05) is 14.1 Å². The van der Waals surface area contributed by atoms with Crippen LogP contribution in [-0.2, 0) is 0 Å². The molecule has 0 aliphatic heterocycles. The number of rotatable bonds is 10. The van der Waals surface area contributed by atoms with E-state index >= 15 is 0 Å². The molecule has 0 aromatic heterocycles. The first-order valence-electron chi connectivity index (χ1n) is 8.24. The quantitative estimate of drug-likeness (QED) is 0.246. The second-order valence-corrected chi connectivity index (χ2v) is 7.98. The summed E-state index contributed by atoms with van der Waals surface area (Å²) in [5.41, 5.74) is 1.27. The molecule has 0 saturated carbocycles. The Kier molecular flexibility index (Phi) is 10.9. The number of benzene rings is 1. The van der Waals surface area contributed by atoms with E-state index in [-0.39, 0.29) is 11.8 Å². The van der Waals surface area contributed by atoms with Gasteiger partial charge in [0.25, 0.3) is 11.8 Å². The molecule has 1 rings (SSSR count). The third kappa shape index (κ3) is 7.25. The van der Waals surface area contributed by atoms with Crippen LogP contribution in [0.1, 0.15) is 46.4 Å². The summed E-state index contributed by atoms with van der Waals surface area (Å²) in [6.45, 7) is 1.53. The van der Waals surface area contributed by atoms with E-state index in [9.17, 15) is 9.59 Å². The van der Waals surface area contributed by atoms with Crippen molar-refractivity contribution in [3.8, 4) is 0 Å². The van der Waals surface area contributed by atoms with Gasteiger partial charge in [0, 0.05) is 38.3 Å². The Morgan fingerprint density at radius 1 is 0.750 bits per heavy atom. The normalized spacial score (nSPS) is 10.5. The largest absolute Gasteiger partial charge is 0.342 e. The van der Waals surface area contributed by atoms with Gasteiger partial charge in [0.15, 0.2) is 0 Å². The molecule has 6 heteroatoms. The molecule has 0 unspecified atom stereocenters. The first-order chi connectivity index (χ1) is 11.5. The third-order valence-electron chi connectivity index (χ3n) is 3.83. The average molecular weight is 556 g/mol. The zero-order valence-electron chi connectivity index (χ0n) is 14.4. The molecule has 0 heterocycles. The standard InChI is InChI=1S/C18H26I2N2O2/c1-21(13-5-3-11-19)17(23)15-7-9-16(10-8-15)18(24)22(2)14-6-4-12-20/h7-10H,3-6,11-14H2,1-2H3. The van der Waals surface area contributed by atoms with Crippen LogP contribution in [-0.4, -0.2) is 57.7 Å². The van der Waals surface area contributed by atoms with Crippen molar-refractivity contribution in [2.75, 3.05) is 36.0 Å². The van der Waals surface area contributed by atoms with Crippen molar-refractivity contribution >= 4 is 57.0 Å². The highest BCUT2D eigenvalue weighted by Crippen LogP contribution is 2.10. The summed E-state index contributed by atoms with van der Waals surface area (Å²) in [4.78, 5) is 28.2. The van der Waals surface area contributed by atoms with Gasteiger partial charge in [0.2, 0.25) is 0 Å². The molecule has 0 bridgehead atoms. The van der Waals surface area contributed by atoms with Gasteiger partial charge in [-0.1, -0.05) is 45.2 Å². The topological polar surface area (TPSA) is 40.6 Å². The number of amides is 2. The number of hydrogen-bond acceptors (Lipinski definition) is 2. The lowest BCUT2D eigenvalue weighted by molar-refractivity contribution is 0.0781. The van der Waals surface area contributed by atoms with Crippen LogP contribution < -0.4 is 0 Å². The zero-order chi connectivity index (χ0) is 17.9. The highest BCUT2D eigenvalue weighted by atomic mass is 127. The van der Waals surface area contributed by atoms with E-state index in [0.717, 1.165) is 47.6 Å². The SMILES string of the molecule is CN(CCCCI)C(=O)c1ccc(C(=O)N(C)CCCCI)cc1. The van der Waals surface area contributed by atoms with Crippen LogP contribution in [0.15, 0.2) is 24.3 Å². The number of hydrogen-bond donors (Lipinski definition) is 0. The molecule has 1 aromatic rings. The van der Waals surface area contributed by atoms with Crippen molar-refractivity contribution in [3.05, 3.63) is 35.4 Å². The molecule has 0 N–H and O–H groups in total. The van der Waals surface area contributed by atoms with Crippen molar-refractivity contribution in [1.29, 1.82) is 0 Å². The molecule has 0 aliphatic rings. The minimum absolute atomic E-state index is 0.0119. The molecule has 24 heavy (non-hydrogen) atoms. The summed E-state index contributed by atoms with van der Waals surface area (Å²) in [6, 6.07) is 7.01. The van der Waals surface area contributed by atoms with E-state index in [4.69, 9.17) is 0 Å². The van der Waals surface area contributed by atoms with Crippen LogP contribution in [0.5, 0.6) is 0 Å². The van der Waals surface area contributed by atoms with Crippen LogP contribution in [0.4, 0.5) is 0 Å². The molecule has 134 valence electrons. The molecule has 0 fully saturated rings. The van der Waals surface area contributed by atoms with Crippen LogP contribution in [0.25, 0.3) is 0 Å². The highest BCUT2D eigenvalue weighted by Gasteiger charge is 2.14. The third-order valence-corrected chi connectivity index (χ3v) is 5.35. The minimum atomic E-state index is 0.0119. The summed E-state index contributed by atoms with van der Waals surface area (Å²) in [5.74, 6) is 0.0238. The van der Waals surface area contributed by atoms with Crippen molar-refractivity contribution in [1.82, 2.24) is 9.80 Å². The van der Waals surface area contributed by atoms with Crippen molar-refractivity contribution in [2.45, 2.75) is 25.7 Å². The summed E-state index contributed by atoms with van der Waals surface area (Å²) in [7, 11) is 3.66. The van der Waals surface area contributed by atoms with Crippen molar-refractivity contribution in [3.63, 3.8) is 0 Å². The molecule has 0 aliphatic carbocycles. The van der Waals surface area contributed by atoms with Gasteiger partial charge in [-0.15, -0.1) is 0 Å². The predicted molar refractivity (Wildman–Crippen MR) is 117 cm³/mol. The molecular formula is C18H26I2N2O2. The molecule has 2 amide bonds. The van der Waals surface area contributed by atoms with Crippen molar-refractivity contribution in [2.24, 2.45) is 0 Å². The van der Waals surface area contributed by atoms with Gasteiger partial charge in [0.1, 0.15) is 0 Å². The smallest absolute Gasteiger partial charge is 0.253 e. The number of carbonyl (C=O) groups is 2. The molecule has 0 atom stereocenters. The maximum Gasteiger partial charge on any atom is 0.253 e. The Morgan fingerprint density at radius 3 is 1.38 bits per heavy atom. The molecule has 0 saturated heterocycles. The lowest BCUT2D eigenvalue weighted by atomic mass is 10.1. The van der Waals surface area contributed by atoms with Gasteiger partial charge < -0.3 is 9.80 Å². The fourth-order valence-electron chi connectivity index (χ4n) is 2.29. The van der Waals surface area contributed by atoms with E-state index in [1.165, 1.54) is 0 Å². The second kappa shape index (κ2) is 12.1. The maximum absolute atomic E-state index is 12.4. The van der Waals surface area contributed by atoms with Gasteiger partial charge >= 0.3 is 0 Å². The number of carbonyl (C=O) groups excluding carboxylic acids is 2. The van der Waals surface area contributed by atoms with E-state index < -0.39 is 0 Å². The van der Waals surface area contributed by atoms with Gasteiger partial charge in [-0.25, -0.2) is 0 Å². The summed E-state index contributed by atoms with van der Waals surface area (Å²) < 4.78 is 2.23. The fraction of sp³-hybridized carbons (Fsp3) is 0.556. The summed E-state index contributed by atoms with van der Waals surface area (Å²) in [6.07, 6.45) is 4.28. The lowest BCUT2D eigenvalue weighted by Gasteiger charge is -2.18. The monoisotopic (exact) mass is 556 g/mol. The Labute approximate surface area is 172 Å². The predicted octanol–water partition coefficient (Wildman–Crippen LogP) is 4.26. The Balaban J connectivity index is 2.61. The number of unbranched alkanes of at least 4 members (excludes halogenated alkanes) is 2. The first-order valence-corrected chi connectivity index (χ1v) is 11.3. The van der Waals surface area contributed by atoms with Crippen LogP contribution >= 0.6 is 45.2 Å². The molecular weight excluding hydrogens is 530 g/mol. The Bertz CT molecular complexity index is 473. The fourth-order valence-corrected chi connectivity index (χ4v) is 3.36. The average Bonchev–Trinajstić information content (AvgIpc) is 2.60. The van der Waals surface area contributed by atoms with E-state index in [1.54, 1.807) is 34.1 Å². The Morgan fingerprint density at radius 2 is 1.08 bits per heavy atom. The van der Waals surface area contributed by atoms with Gasteiger partial charge in [-0.05, 0) is 58.8 Å². The maximum atomic E-state index is 12.4. The van der Waals surface area contributed by atoms with Gasteiger partial charge in [0.05, 0.1) is 0 Å². The molecule has 1 aromatic carbocycles. The number of halogens is 2. The van der Waals surface area contributed by atoms with Crippen LogP contribution in [0.2, 0.25) is 0 Å². The van der Waals surface area contributed by atoms with Crippen LogP contribution in [0.3, 0.4) is 0 Å².